The average molecular weight is 288 g/mol. The lowest BCUT2D eigenvalue weighted by molar-refractivity contribution is 0.0962. The zero-order chi connectivity index (χ0) is 15.4. The van der Waals surface area contributed by atoms with Gasteiger partial charge in [-0.1, -0.05) is 0 Å². The molecule has 8 nitrogen and oxygen atoms in total. The number of carbonyl (C=O) groups is 2. The van der Waals surface area contributed by atoms with Crippen LogP contribution in [0, 0.1) is 0 Å². The van der Waals surface area contributed by atoms with E-state index in [4.69, 9.17) is 5.73 Å². The number of imidazole rings is 1. The van der Waals surface area contributed by atoms with Gasteiger partial charge in [0.15, 0.2) is 0 Å². The number of hydrogen-bond donors (Lipinski definition) is 2. The Kier molecular flexibility index (Phi) is 4.17. The van der Waals surface area contributed by atoms with Gasteiger partial charge in [0, 0.05) is 38.2 Å². The lowest BCUT2D eigenvalue weighted by Gasteiger charge is -2.12. The SMILES string of the molecule is CN(C)C(=O)NCc1cc(C(=O)n2ccnc2N)ccn1. The number of pyridine rings is 1. The van der Waals surface area contributed by atoms with Crippen LogP contribution in [-0.4, -0.2) is 45.5 Å². The highest BCUT2D eigenvalue weighted by Crippen LogP contribution is 2.08. The van der Waals surface area contributed by atoms with Crippen molar-refractivity contribution in [1.82, 2.24) is 24.8 Å². The van der Waals surface area contributed by atoms with E-state index in [1.165, 1.54) is 28.1 Å². The topological polar surface area (TPSA) is 106 Å². The molecule has 2 heterocycles. The fraction of sp³-hybridized carbons (Fsp3) is 0.231. The molecular weight excluding hydrogens is 272 g/mol. The Hall–Kier alpha value is -2.90. The molecular formula is C13H16N6O2. The molecule has 0 aliphatic rings. The normalized spacial score (nSPS) is 10.2. The van der Waals surface area contributed by atoms with Gasteiger partial charge in [-0.05, 0) is 12.1 Å². The van der Waals surface area contributed by atoms with Gasteiger partial charge >= 0.3 is 6.03 Å². The van der Waals surface area contributed by atoms with Gasteiger partial charge in [0.25, 0.3) is 5.91 Å². The molecule has 3 N–H and O–H groups in total. The molecule has 2 amide bonds. The van der Waals surface area contributed by atoms with Crippen molar-refractivity contribution in [3.63, 3.8) is 0 Å². The van der Waals surface area contributed by atoms with Gasteiger partial charge in [0.1, 0.15) is 0 Å². The summed E-state index contributed by atoms with van der Waals surface area (Å²) in [4.78, 5) is 33.0. The molecule has 0 aliphatic heterocycles. The summed E-state index contributed by atoms with van der Waals surface area (Å²) in [5, 5.41) is 2.68. The predicted molar refractivity (Wildman–Crippen MR) is 76.5 cm³/mol. The van der Waals surface area contributed by atoms with Crippen molar-refractivity contribution in [3.8, 4) is 0 Å². The van der Waals surface area contributed by atoms with E-state index >= 15 is 0 Å². The monoisotopic (exact) mass is 288 g/mol. The largest absolute Gasteiger partial charge is 0.369 e. The van der Waals surface area contributed by atoms with Crippen LogP contribution in [0.25, 0.3) is 0 Å². The Morgan fingerprint density at radius 2 is 2.10 bits per heavy atom. The molecule has 21 heavy (non-hydrogen) atoms. The Balaban J connectivity index is 2.13. The van der Waals surface area contributed by atoms with Crippen molar-refractivity contribution in [2.45, 2.75) is 6.54 Å². The zero-order valence-corrected chi connectivity index (χ0v) is 11.8. The number of carbonyl (C=O) groups excluding carboxylic acids is 2. The lowest BCUT2D eigenvalue weighted by atomic mass is 10.2. The van der Waals surface area contributed by atoms with E-state index in [-0.39, 0.29) is 24.4 Å². The molecule has 0 saturated carbocycles. The quantitative estimate of drug-likeness (QED) is 0.846. The molecule has 0 bridgehead atoms. The van der Waals surface area contributed by atoms with Gasteiger partial charge < -0.3 is 16.0 Å². The molecule has 0 radical (unpaired) electrons. The van der Waals surface area contributed by atoms with Gasteiger partial charge in [-0.15, -0.1) is 0 Å². The number of rotatable bonds is 3. The molecule has 0 atom stereocenters. The molecule has 0 unspecified atom stereocenters. The highest BCUT2D eigenvalue weighted by atomic mass is 16.2. The van der Waals surface area contributed by atoms with Crippen molar-refractivity contribution in [2.75, 3.05) is 19.8 Å². The molecule has 0 spiro atoms. The molecule has 8 heteroatoms. The van der Waals surface area contributed by atoms with E-state index < -0.39 is 0 Å². The summed E-state index contributed by atoms with van der Waals surface area (Å²) in [6.07, 6.45) is 4.45. The molecule has 2 rings (SSSR count). The zero-order valence-electron chi connectivity index (χ0n) is 11.8. The van der Waals surface area contributed by atoms with Crippen molar-refractivity contribution in [2.24, 2.45) is 0 Å². The Labute approximate surface area is 121 Å². The number of urea groups is 1. The Morgan fingerprint density at radius 3 is 2.71 bits per heavy atom. The number of nitrogens with one attached hydrogen (secondary N) is 1. The maximum Gasteiger partial charge on any atom is 0.317 e. The molecule has 2 aromatic heterocycles. The number of hydrogen-bond acceptors (Lipinski definition) is 5. The van der Waals surface area contributed by atoms with Crippen molar-refractivity contribution in [1.29, 1.82) is 0 Å². The van der Waals surface area contributed by atoms with E-state index in [1.54, 1.807) is 26.2 Å². The van der Waals surface area contributed by atoms with E-state index in [2.05, 4.69) is 15.3 Å². The van der Waals surface area contributed by atoms with Crippen molar-refractivity contribution < 1.29 is 9.59 Å². The lowest BCUT2D eigenvalue weighted by Crippen LogP contribution is -2.34. The first-order valence-electron chi connectivity index (χ1n) is 6.22. The number of nitrogen functional groups attached to an aromatic ring is 1. The number of nitrogens with zero attached hydrogens (tertiary/aromatic N) is 4. The molecule has 0 aromatic carbocycles. The Bertz CT molecular complexity index is 664. The van der Waals surface area contributed by atoms with E-state index in [9.17, 15) is 9.59 Å². The molecule has 0 fully saturated rings. The molecule has 2 aromatic rings. The van der Waals surface area contributed by atoms with Gasteiger partial charge in [-0.2, -0.15) is 0 Å². The summed E-state index contributed by atoms with van der Waals surface area (Å²) in [5.41, 5.74) is 6.60. The second-order valence-electron chi connectivity index (χ2n) is 4.55. The highest BCUT2D eigenvalue weighted by Gasteiger charge is 2.12. The van der Waals surface area contributed by atoms with Gasteiger partial charge in [-0.3, -0.25) is 14.3 Å². The van der Waals surface area contributed by atoms with E-state index in [0.717, 1.165) is 0 Å². The molecule has 110 valence electrons. The fourth-order valence-corrected chi connectivity index (χ4v) is 1.66. The first-order chi connectivity index (χ1) is 9.99. The maximum absolute atomic E-state index is 12.2. The van der Waals surface area contributed by atoms with Crippen LogP contribution in [0.2, 0.25) is 0 Å². The second kappa shape index (κ2) is 6.04. The summed E-state index contributed by atoms with van der Waals surface area (Å²) in [7, 11) is 3.29. The van der Waals surface area contributed by atoms with Crippen LogP contribution in [0.3, 0.4) is 0 Å². The van der Waals surface area contributed by atoms with Gasteiger partial charge in [0.05, 0.1) is 12.2 Å². The third kappa shape index (κ3) is 3.35. The van der Waals surface area contributed by atoms with Gasteiger partial charge in [0.2, 0.25) is 5.95 Å². The number of aromatic nitrogens is 3. The molecule has 0 saturated heterocycles. The number of nitrogens with two attached hydrogens (primary N) is 1. The predicted octanol–water partition coefficient (Wildman–Crippen LogP) is 0.320. The minimum atomic E-state index is -0.299. The van der Waals surface area contributed by atoms with Crippen LogP contribution >= 0.6 is 0 Å². The van der Waals surface area contributed by atoms with Crippen molar-refractivity contribution >= 4 is 17.9 Å². The first kappa shape index (κ1) is 14.5. The summed E-state index contributed by atoms with van der Waals surface area (Å²) in [6, 6.07) is 2.96. The minimum absolute atomic E-state index is 0.124. The highest BCUT2D eigenvalue weighted by molar-refractivity contribution is 5.97. The summed E-state index contributed by atoms with van der Waals surface area (Å²) in [5.74, 6) is -0.174. The standard InChI is InChI=1S/C13H16N6O2/c1-18(2)13(21)17-8-10-7-9(3-4-15-10)11(20)19-6-5-16-12(19)14/h3-7H,8H2,1-2H3,(H2,14,16)(H,17,21). The number of amides is 2. The number of anilines is 1. The average Bonchev–Trinajstić information content (AvgIpc) is 2.90. The van der Waals surface area contributed by atoms with Crippen LogP contribution < -0.4 is 11.1 Å². The summed E-state index contributed by atoms with van der Waals surface area (Å²) >= 11 is 0. The van der Waals surface area contributed by atoms with Crippen LogP contribution in [0.5, 0.6) is 0 Å². The van der Waals surface area contributed by atoms with E-state index in [1.807, 2.05) is 0 Å². The third-order valence-electron chi connectivity index (χ3n) is 2.78. The Morgan fingerprint density at radius 1 is 1.33 bits per heavy atom. The smallest absolute Gasteiger partial charge is 0.317 e. The second-order valence-corrected chi connectivity index (χ2v) is 4.55. The van der Waals surface area contributed by atoms with Crippen LogP contribution in [0.1, 0.15) is 16.1 Å². The fourth-order valence-electron chi connectivity index (χ4n) is 1.66. The third-order valence-corrected chi connectivity index (χ3v) is 2.78. The van der Waals surface area contributed by atoms with Crippen molar-refractivity contribution in [3.05, 3.63) is 42.0 Å². The minimum Gasteiger partial charge on any atom is -0.369 e. The van der Waals surface area contributed by atoms with Gasteiger partial charge in [-0.25, -0.2) is 9.78 Å². The van der Waals surface area contributed by atoms with Crippen LogP contribution in [0.4, 0.5) is 10.7 Å². The van der Waals surface area contributed by atoms with Crippen LogP contribution in [-0.2, 0) is 6.54 Å². The molecule has 0 aliphatic carbocycles. The summed E-state index contributed by atoms with van der Waals surface area (Å²) in [6.45, 7) is 0.234. The van der Waals surface area contributed by atoms with E-state index in [0.29, 0.717) is 11.3 Å². The first-order valence-corrected chi connectivity index (χ1v) is 6.22. The summed E-state index contributed by atoms with van der Waals surface area (Å²) < 4.78 is 1.25. The maximum atomic E-state index is 12.2. The van der Waals surface area contributed by atoms with Crippen LogP contribution in [0.15, 0.2) is 30.7 Å².